The fourth-order valence-corrected chi connectivity index (χ4v) is 3.60. The van der Waals surface area contributed by atoms with Gasteiger partial charge in [-0.15, -0.1) is 0 Å². The summed E-state index contributed by atoms with van der Waals surface area (Å²) >= 11 is 0. The largest absolute Gasteiger partial charge is 0.432 e. The average Bonchev–Trinajstić information content (AvgIpc) is 3.18. The van der Waals surface area contributed by atoms with Crippen LogP contribution in [0.15, 0.2) is 53.8 Å². The first-order chi connectivity index (χ1) is 15.0. The van der Waals surface area contributed by atoms with Gasteiger partial charge in [0.15, 0.2) is 5.75 Å². The number of aromatic nitrogens is 4. The van der Waals surface area contributed by atoms with Gasteiger partial charge in [0.2, 0.25) is 5.95 Å². The van der Waals surface area contributed by atoms with Gasteiger partial charge in [0, 0.05) is 24.3 Å². The van der Waals surface area contributed by atoms with Crippen LogP contribution < -0.4 is 20.9 Å². The Kier molecular flexibility index (Phi) is 6.06. The molecule has 8 nitrogen and oxygen atoms in total. The fourth-order valence-electron chi connectivity index (χ4n) is 3.60. The number of ether oxygens (including phenoxy) is 1. The molecule has 2 atom stereocenters. The van der Waals surface area contributed by atoms with Crippen molar-refractivity contribution in [3.05, 3.63) is 65.0 Å². The van der Waals surface area contributed by atoms with Crippen LogP contribution in [0.2, 0.25) is 0 Å². The van der Waals surface area contributed by atoms with Crippen LogP contribution in [0.1, 0.15) is 24.8 Å². The maximum absolute atomic E-state index is 12.2. The molecule has 1 saturated carbocycles. The maximum Gasteiger partial charge on any atom is 0.387 e. The van der Waals surface area contributed by atoms with Gasteiger partial charge >= 0.3 is 6.61 Å². The second kappa shape index (κ2) is 9.07. The van der Waals surface area contributed by atoms with E-state index in [4.69, 9.17) is 0 Å². The zero-order valence-electron chi connectivity index (χ0n) is 16.8. The van der Waals surface area contributed by atoms with Crippen molar-refractivity contribution in [2.75, 3.05) is 10.6 Å². The lowest BCUT2D eigenvalue weighted by Gasteiger charge is -2.15. The standard InChI is InChI=1S/C21H22F2N6O2/c1-13-2-7-19(30)29(12-13)16-5-6-18(24-9-16)27-14-3-4-15(8-14)28-21-25-10-17(11-26-21)31-20(22)23/h2,5-7,9-12,14-15,20H,3-4,8H2,1H3,(H,24,27)(H,25,26,28)/t14-,15-/m0/s1. The molecule has 0 radical (unpaired) electrons. The lowest BCUT2D eigenvalue weighted by molar-refractivity contribution is -0.0503. The molecule has 3 heterocycles. The van der Waals surface area contributed by atoms with Gasteiger partial charge in [-0.1, -0.05) is 6.07 Å². The monoisotopic (exact) mass is 428 g/mol. The molecule has 0 bridgehead atoms. The first-order valence-electron chi connectivity index (χ1n) is 9.92. The summed E-state index contributed by atoms with van der Waals surface area (Å²) in [5.41, 5.74) is 1.60. The SMILES string of the molecule is Cc1ccc(=O)n(-c2ccc(N[C@H]3CC[C@H](Nc4ncc(OC(F)F)cn4)C3)nc2)c1. The first-order valence-corrected chi connectivity index (χ1v) is 9.92. The molecule has 3 aromatic heterocycles. The van der Waals surface area contributed by atoms with E-state index in [-0.39, 0.29) is 23.4 Å². The Bertz CT molecular complexity index is 1070. The zero-order valence-corrected chi connectivity index (χ0v) is 16.8. The van der Waals surface area contributed by atoms with Gasteiger partial charge in [0.25, 0.3) is 5.56 Å². The highest BCUT2D eigenvalue weighted by Gasteiger charge is 2.25. The third-order valence-corrected chi connectivity index (χ3v) is 5.06. The molecule has 0 aromatic carbocycles. The number of nitrogens with one attached hydrogen (secondary N) is 2. The number of hydrogen-bond acceptors (Lipinski definition) is 7. The quantitative estimate of drug-likeness (QED) is 0.596. The number of rotatable bonds is 7. The van der Waals surface area contributed by atoms with Gasteiger partial charge in [-0.25, -0.2) is 15.0 Å². The van der Waals surface area contributed by atoms with Crippen LogP contribution in [-0.2, 0) is 0 Å². The third-order valence-electron chi connectivity index (χ3n) is 5.06. The summed E-state index contributed by atoms with van der Waals surface area (Å²) in [4.78, 5) is 24.5. The highest BCUT2D eigenvalue weighted by Crippen LogP contribution is 2.25. The zero-order chi connectivity index (χ0) is 21.8. The van der Waals surface area contributed by atoms with Crippen molar-refractivity contribution in [2.24, 2.45) is 0 Å². The lowest BCUT2D eigenvalue weighted by atomic mass is 10.2. The molecule has 0 unspecified atom stereocenters. The third kappa shape index (κ3) is 5.33. The van der Waals surface area contributed by atoms with Crippen LogP contribution in [0.3, 0.4) is 0 Å². The molecule has 31 heavy (non-hydrogen) atoms. The van der Waals surface area contributed by atoms with E-state index in [0.29, 0.717) is 11.6 Å². The molecule has 0 amide bonds. The van der Waals surface area contributed by atoms with Crippen LogP contribution in [0, 0.1) is 6.92 Å². The Morgan fingerprint density at radius 3 is 2.45 bits per heavy atom. The van der Waals surface area contributed by atoms with Crippen molar-refractivity contribution in [2.45, 2.75) is 44.9 Å². The van der Waals surface area contributed by atoms with Gasteiger partial charge in [-0.05, 0) is 43.9 Å². The second-order valence-corrected chi connectivity index (χ2v) is 7.43. The normalized spacial score (nSPS) is 18.2. The fraction of sp³-hybridized carbons (Fsp3) is 0.333. The van der Waals surface area contributed by atoms with Gasteiger partial charge < -0.3 is 15.4 Å². The predicted octanol–water partition coefficient (Wildman–Crippen LogP) is 3.38. The van der Waals surface area contributed by atoms with Crippen molar-refractivity contribution in [3.63, 3.8) is 0 Å². The predicted molar refractivity (Wildman–Crippen MR) is 112 cm³/mol. The highest BCUT2D eigenvalue weighted by atomic mass is 19.3. The van der Waals surface area contributed by atoms with Crippen molar-refractivity contribution in [1.82, 2.24) is 19.5 Å². The number of anilines is 2. The minimum atomic E-state index is -2.90. The molecule has 1 fully saturated rings. The van der Waals surface area contributed by atoms with E-state index >= 15 is 0 Å². The Balaban J connectivity index is 1.32. The molecular weight excluding hydrogens is 406 g/mol. The number of halogens is 2. The average molecular weight is 428 g/mol. The van der Waals surface area contributed by atoms with Crippen molar-refractivity contribution in [1.29, 1.82) is 0 Å². The van der Waals surface area contributed by atoms with E-state index in [1.807, 2.05) is 19.1 Å². The maximum atomic E-state index is 12.2. The molecular formula is C21H22F2N6O2. The van der Waals surface area contributed by atoms with Crippen LogP contribution >= 0.6 is 0 Å². The van der Waals surface area contributed by atoms with Crippen LogP contribution in [0.25, 0.3) is 5.69 Å². The van der Waals surface area contributed by atoms with E-state index in [1.165, 1.54) is 18.5 Å². The lowest BCUT2D eigenvalue weighted by Crippen LogP contribution is -2.22. The molecule has 1 aliphatic rings. The minimum absolute atomic E-state index is 0.0750. The summed E-state index contributed by atoms with van der Waals surface area (Å²) < 4.78 is 30.2. The van der Waals surface area contributed by atoms with E-state index in [2.05, 4.69) is 30.3 Å². The van der Waals surface area contributed by atoms with E-state index in [1.54, 1.807) is 23.0 Å². The number of hydrogen-bond donors (Lipinski definition) is 2. The molecule has 1 aliphatic carbocycles. The Hall–Kier alpha value is -3.56. The summed E-state index contributed by atoms with van der Waals surface area (Å²) in [6.07, 6.45) is 8.57. The van der Waals surface area contributed by atoms with Crippen LogP contribution in [0.4, 0.5) is 20.5 Å². The van der Waals surface area contributed by atoms with Crippen molar-refractivity contribution < 1.29 is 13.5 Å². The van der Waals surface area contributed by atoms with Gasteiger partial charge in [-0.2, -0.15) is 8.78 Å². The minimum Gasteiger partial charge on any atom is -0.432 e. The summed E-state index contributed by atoms with van der Waals surface area (Å²) in [7, 11) is 0. The van der Waals surface area contributed by atoms with E-state index in [0.717, 1.165) is 30.6 Å². The Morgan fingerprint density at radius 1 is 1.03 bits per heavy atom. The number of aryl methyl sites for hydroxylation is 1. The van der Waals surface area contributed by atoms with Crippen LogP contribution in [-0.4, -0.2) is 38.2 Å². The number of nitrogens with zero attached hydrogens (tertiary/aromatic N) is 4. The molecule has 4 rings (SSSR count). The highest BCUT2D eigenvalue weighted by molar-refractivity contribution is 5.42. The first kappa shape index (κ1) is 20.7. The molecule has 3 aromatic rings. The summed E-state index contributed by atoms with van der Waals surface area (Å²) in [5.74, 6) is 1.03. The Morgan fingerprint density at radius 2 is 1.77 bits per heavy atom. The topological polar surface area (TPSA) is 94.0 Å². The number of pyridine rings is 2. The summed E-state index contributed by atoms with van der Waals surface area (Å²) in [6, 6.07) is 7.41. The van der Waals surface area contributed by atoms with Crippen LogP contribution in [0.5, 0.6) is 5.75 Å². The molecule has 0 spiro atoms. The van der Waals surface area contributed by atoms with Gasteiger partial charge in [0.1, 0.15) is 5.82 Å². The number of alkyl halides is 2. The van der Waals surface area contributed by atoms with Crippen molar-refractivity contribution in [3.8, 4) is 11.4 Å². The summed E-state index contributed by atoms with van der Waals surface area (Å²) in [5, 5.41) is 6.62. The summed E-state index contributed by atoms with van der Waals surface area (Å²) in [6.45, 7) is -0.968. The second-order valence-electron chi connectivity index (χ2n) is 7.43. The van der Waals surface area contributed by atoms with Crippen molar-refractivity contribution >= 4 is 11.8 Å². The van der Waals surface area contributed by atoms with E-state index < -0.39 is 6.61 Å². The van der Waals surface area contributed by atoms with E-state index in [9.17, 15) is 13.6 Å². The van der Waals surface area contributed by atoms with Gasteiger partial charge in [-0.3, -0.25) is 9.36 Å². The molecule has 0 aliphatic heterocycles. The smallest absolute Gasteiger partial charge is 0.387 e. The molecule has 162 valence electrons. The Labute approximate surface area is 177 Å². The van der Waals surface area contributed by atoms with Gasteiger partial charge in [0.05, 0.1) is 24.3 Å². The molecule has 2 N–H and O–H groups in total. The molecule has 10 heteroatoms. The molecule has 0 saturated heterocycles.